The van der Waals surface area contributed by atoms with Crippen LogP contribution in [-0.4, -0.2) is 84.4 Å². The predicted molar refractivity (Wildman–Crippen MR) is 101 cm³/mol. The van der Waals surface area contributed by atoms with Crippen LogP contribution in [0.3, 0.4) is 0 Å². The number of aromatic nitrogens is 4. The fourth-order valence-corrected chi connectivity index (χ4v) is 6.15. The fourth-order valence-electron chi connectivity index (χ4n) is 3.58. The van der Waals surface area contributed by atoms with Gasteiger partial charge in [-0.2, -0.15) is 0 Å². The van der Waals surface area contributed by atoms with E-state index in [1.807, 2.05) is 11.1 Å². The number of nitrogens with zero attached hydrogens (tertiary/aromatic N) is 6. The molecule has 144 valence electrons. The van der Waals surface area contributed by atoms with Gasteiger partial charge >= 0.3 is 163 Å². The SMILES string of the molecule is N#CCC(CN1CCNC(C(F)F)C1)n1cc(-c2ncn[c]3c2C=[CH][Sn]3)cn1. The van der Waals surface area contributed by atoms with Gasteiger partial charge in [-0.25, -0.2) is 8.78 Å². The quantitative estimate of drug-likeness (QED) is 0.600. The second-order valence-electron chi connectivity index (χ2n) is 6.84. The van der Waals surface area contributed by atoms with Crippen LogP contribution in [0.2, 0.25) is 0 Å². The molecule has 2 aliphatic heterocycles. The zero-order chi connectivity index (χ0) is 19.5. The zero-order valence-electron chi connectivity index (χ0n) is 15.1. The Morgan fingerprint density at radius 1 is 1.39 bits per heavy atom. The third kappa shape index (κ3) is 4.09. The minimum absolute atomic E-state index is 0.197. The molecule has 0 aliphatic carbocycles. The Morgan fingerprint density at radius 2 is 2.29 bits per heavy atom. The van der Waals surface area contributed by atoms with Crippen LogP contribution in [0.15, 0.2) is 22.8 Å². The van der Waals surface area contributed by atoms with Crippen molar-refractivity contribution < 1.29 is 8.78 Å². The van der Waals surface area contributed by atoms with Crippen molar-refractivity contribution in [1.29, 1.82) is 5.26 Å². The van der Waals surface area contributed by atoms with Crippen LogP contribution in [0, 0.1) is 11.3 Å². The summed E-state index contributed by atoms with van der Waals surface area (Å²) in [5.74, 6) is 0. The predicted octanol–water partition coefficient (Wildman–Crippen LogP) is 0.648. The maximum atomic E-state index is 13.0. The minimum atomic E-state index is -2.40. The van der Waals surface area contributed by atoms with Gasteiger partial charge in [-0.05, 0) is 0 Å². The van der Waals surface area contributed by atoms with Gasteiger partial charge in [0.2, 0.25) is 0 Å². The van der Waals surface area contributed by atoms with Crippen LogP contribution in [-0.2, 0) is 0 Å². The van der Waals surface area contributed by atoms with E-state index in [2.05, 4.69) is 36.6 Å². The molecule has 0 spiro atoms. The molecule has 2 unspecified atom stereocenters. The summed E-state index contributed by atoms with van der Waals surface area (Å²) in [6.07, 6.45) is 5.20. The van der Waals surface area contributed by atoms with Crippen LogP contribution < -0.4 is 9.03 Å². The van der Waals surface area contributed by atoms with Gasteiger partial charge in [-0.15, -0.1) is 0 Å². The fraction of sp³-hybridized carbons (Fsp3) is 0.444. The number of piperazine rings is 1. The molecule has 0 amide bonds. The molecular formula is C18H19F2N7Sn. The molecule has 28 heavy (non-hydrogen) atoms. The van der Waals surface area contributed by atoms with Crippen molar-refractivity contribution in [2.24, 2.45) is 0 Å². The van der Waals surface area contributed by atoms with Gasteiger partial charge in [0.1, 0.15) is 0 Å². The van der Waals surface area contributed by atoms with E-state index in [1.54, 1.807) is 17.2 Å². The maximum absolute atomic E-state index is 13.0. The first kappa shape index (κ1) is 19.4. The number of hydrogen-bond donors (Lipinski definition) is 1. The second kappa shape index (κ2) is 8.63. The molecule has 2 aromatic rings. The monoisotopic (exact) mass is 491 g/mol. The first-order valence-corrected chi connectivity index (χ1v) is 12.2. The Morgan fingerprint density at radius 3 is 3.11 bits per heavy atom. The summed E-state index contributed by atoms with van der Waals surface area (Å²) < 4.78 is 31.2. The summed E-state index contributed by atoms with van der Waals surface area (Å²) in [5.41, 5.74) is 2.83. The molecule has 0 aromatic carbocycles. The van der Waals surface area contributed by atoms with Crippen molar-refractivity contribution in [3.05, 3.63) is 28.4 Å². The topological polar surface area (TPSA) is 82.7 Å². The summed E-state index contributed by atoms with van der Waals surface area (Å²) >= 11 is -0.738. The Bertz CT molecular complexity index is 908. The Balaban J connectivity index is 1.53. The zero-order valence-corrected chi connectivity index (χ0v) is 17.9. The molecule has 7 nitrogen and oxygen atoms in total. The van der Waals surface area contributed by atoms with Crippen LogP contribution in [0.25, 0.3) is 17.3 Å². The molecule has 2 atom stereocenters. The number of alkyl halides is 2. The summed E-state index contributed by atoms with van der Waals surface area (Å²) in [6, 6.07) is 1.17. The molecule has 4 heterocycles. The molecular weight excluding hydrogens is 471 g/mol. The van der Waals surface area contributed by atoms with Gasteiger partial charge in [0.25, 0.3) is 0 Å². The van der Waals surface area contributed by atoms with Crippen LogP contribution in [0.4, 0.5) is 8.78 Å². The molecule has 10 heteroatoms. The molecule has 2 aromatic heterocycles. The Labute approximate surface area is 171 Å². The Hall–Kier alpha value is -1.90. The van der Waals surface area contributed by atoms with Crippen molar-refractivity contribution in [1.82, 2.24) is 30.0 Å². The van der Waals surface area contributed by atoms with E-state index in [-0.39, 0.29) is 19.0 Å². The average molecular weight is 490 g/mol. The first-order valence-electron chi connectivity index (χ1n) is 9.09. The van der Waals surface area contributed by atoms with E-state index >= 15 is 0 Å². The summed E-state index contributed by atoms with van der Waals surface area (Å²) in [7, 11) is 0. The van der Waals surface area contributed by atoms with Gasteiger partial charge in [-0.3, -0.25) is 0 Å². The van der Waals surface area contributed by atoms with Crippen molar-refractivity contribution in [2.45, 2.75) is 24.9 Å². The van der Waals surface area contributed by atoms with E-state index in [0.717, 1.165) is 20.5 Å². The van der Waals surface area contributed by atoms with Gasteiger partial charge in [0, 0.05) is 0 Å². The molecule has 2 radical (unpaired) electrons. The van der Waals surface area contributed by atoms with Crippen LogP contribution in [0.5, 0.6) is 0 Å². The number of halogens is 2. The van der Waals surface area contributed by atoms with Gasteiger partial charge in [0.05, 0.1) is 0 Å². The second-order valence-corrected chi connectivity index (χ2v) is 9.97. The standard InChI is InChI=1S/C18H19F2N7.Sn/c1-2-13-7-22-12-24-17(13)14-8-25-27(9-14)15(3-4-21)10-26-6-5-23-16(11-26)18(19)20;/h1-2,8-9,12,15-16,18,23H,3,5-6,10-11H2;. The molecule has 1 fully saturated rings. The van der Waals surface area contributed by atoms with E-state index in [4.69, 9.17) is 0 Å². The number of nitriles is 1. The molecule has 0 bridgehead atoms. The molecule has 0 saturated carbocycles. The summed E-state index contributed by atoms with van der Waals surface area (Å²) in [5, 5.41) is 16.6. The summed E-state index contributed by atoms with van der Waals surface area (Å²) in [6.45, 7) is 1.97. The first-order chi connectivity index (χ1) is 13.7. The normalized spacial score (nSPS) is 20.3. The van der Waals surface area contributed by atoms with E-state index < -0.39 is 33.6 Å². The Kier molecular flexibility index (Phi) is 5.98. The molecule has 2 aliphatic rings. The third-order valence-corrected chi connectivity index (χ3v) is 7.86. The summed E-state index contributed by atoms with van der Waals surface area (Å²) in [4.78, 5) is 10.8. The average Bonchev–Trinajstić information content (AvgIpc) is 3.37. The third-order valence-electron chi connectivity index (χ3n) is 4.99. The van der Waals surface area contributed by atoms with Gasteiger partial charge in [-0.1, -0.05) is 0 Å². The van der Waals surface area contributed by atoms with Crippen molar-refractivity contribution in [3.63, 3.8) is 0 Å². The molecule has 4 rings (SSSR count). The number of hydrogen-bond acceptors (Lipinski definition) is 6. The van der Waals surface area contributed by atoms with Gasteiger partial charge in [0.15, 0.2) is 0 Å². The number of fused-ring (bicyclic) bond motifs is 1. The van der Waals surface area contributed by atoms with Gasteiger partial charge < -0.3 is 0 Å². The molecule has 1 saturated heterocycles. The van der Waals surface area contributed by atoms with Crippen LogP contribution in [0.1, 0.15) is 18.0 Å². The number of nitrogens with one attached hydrogen (secondary N) is 1. The van der Waals surface area contributed by atoms with Crippen molar-refractivity contribution in [2.75, 3.05) is 26.2 Å². The van der Waals surface area contributed by atoms with E-state index in [0.29, 0.717) is 19.6 Å². The van der Waals surface area contributed by atoms with E-state index in [9.17, 15) is 14.0 Å². The molecule has 1 N–H and O–H groups in total. The number of rotatable bonds is 6. The van der Waals surface area contributed by atoms with Crippen molar-refractivity contribution >= 4 is 30.9 Å². The van der Waals surface area contributed by atoms with Crippen molar-refractivity contribution in [3.8, 4) is 17.3 Å². The van der Waals surface area contributed by atoms with E-state index in [1.165, 1.54) is 0 Å². The van der Waals surface area contributed by atoms with Crippen LogP contribution >= 0.6 is 0 Å².